The molecule has 0 saturated heterocycles. The van der Waals surface area contributed by atoms with Crippen molar-refractivity contribution >= 4 is 0 Å². The maximum Gasteiger partial charge on any atom is 0.323 e. The van der Waals surface area contributed by atoms with Gasteiger partial charge in [-0.15, -0.1) is 5.10 Å². The molecule has 0 fully saturated rings. The monoisotopic (exact) mass is 508 g/mol. The highest BCUT2D eigenvalue weighted by atomic mass is 19.3. The smallest absolute Gasteiger partial charge is 0.323 e. The van der Waals surface area contributed by atoms with Crippen molar-refractivity contribution in [3.05, 3.63) is 101 Å². The molecule has 12 heteroatoms. The normalized spacial score (nSPS) is 12.6. The minimum absolute atomic E-state index is 0.0145. The lowest BCUT2D eigenvalue weighted by Gasteiger charge is -2.35. The molecule has 0 aliphatic rings. The Bertz CT molecular complexity index is 1480. The maximum absolute atomic E-state index is 15.7. The van der Waals surface area contributed by atoms with Gasteiger partial charge in [-0.2, -0.15) is 14.0 Å². The van der Waals surface area contributed by atoms with E-state index < -0.39 is 41.0 Å². The summed E-state index contributed by atoms with van der Waals surface area (Å²) in [7, 11) is 0. The summed E-state index contributed by atoms with van der Waals surface area (Å²) < 4.78 is 65.6. The Labute approximate surface area is 207 Å². The van der Waals surface area contributed by atoms with Gasteiger partial charge in [0.05, 0.1) is 18.2 Å². The molecule has 1 atom stereocenters. The predicted octanol–water partition coefficient (Wildman–Crippen LogP) is 3.33. The minimum atomic E-state index is -4.16. The Morgan fingerprint density at radius 1 is 1.03 bits per heavy atom. The SMILES string of the molecule is N#Cc1ccc(OCC#Cc2ccc(C(F)(F)C(O)(Cn3cnnn3)c3ccc(F)cc3F)nc2)cc1. The van der Waals surface area contributed by atoms with Gasteiger partial charge in [-0.1, -0.05) is 11.8 Å². The molecule has 1 N–H and O–H groups in total. The molecule has 4 aromatic rings. The summed E-state index contributed by atoms with van der Waals surface area (Å²) in [5.74, 6) is -0.625. The number of benzene rings is 2. The van der Waals surface area contributed by atoms with Gasteiger partial charge in [0.2, 0.25) is 0 Å². The van der Waals surface area contributed by atoms with Gasteiger partial charge in [0, 0.05) is 23.4 Å². The first kappa shape index (κ1) is 25.3. The van der Waals surface area contributed by atoms with Gasteiger partial charge in [0.1, 0.15) is 36.0 Å². The van der Waals surface area contributed by atoms with Crippen LogP contribution in [0.2, 0.25) is 0 Å². The number of hydrogen-bond acceptors (Lipinski definition) is 7. The van der Waals surface area contributed by atoms with Crippen LogP contribution in [-0.4, -0.2) is 36.9 Å². The first-order valence-electron chi connectivity index (χ1n) is 10.6. The molecule has 8 nitrogen and oxygen atoms in total. The van der Waals surface area contributed by atoms with Gasteiger partial charge in [-0.05, 0) is 59.0 Å². The number of ether oxygens (including phenoxy) is 1. The number of pyridine rings is 1. The van der Waals surface area contributed by atoms with Gasteiger partial charge >= 0.3 is 5.92 Å². The van der Waals surface area contributed by atoms with E-state index >= 15 is 8.78 Å². The summed E-state index contributed by atoms with van der Waals surface area (Å²) in [5.41, 5.74) is -4.21. The van der Waals surface area contributed by atoms with Crippen molar-refractivity contribution in [3.63, 3.8) is 0 Å². The Morgan fingerprint density at radius 2 is 1.78 bits per heavy atom. The molecule has 0 spiro atoms. The van der Waals surface area contributed by atoms with Gasteiger partial charge in [0.25, 0.3) is 0 Å². The molecule has 37 heavy (non-hydrogen) atoms. The van der Waals surface area contributed by atoms with Crippen molar-refractivity contribution in [1.82, 2.24) is 25.2 Å². The summed E-state index contributed by atoms with van der Waals surface area (Å²) in [6.07, 6.45) is 2.03. The fourth-order valence-corrected chi connectivity index (χ4v) is 3.41. The number of nitrogens with zero attached hydrogens (tertiary/aromatic N) is 6. The van der Waals surface area contributed by atoms with E-state index in [0.29, 0.717) is 17.4 Å². The van der Waals surface area contributed by atoms with Crippen molar-refractivity contribution in [2.24, 2.45) is 0 Å². The molecule has 0 amide bonds. The highest BCUT2D eigenvalue weighted by Crippen LogP contribution is 2.46. The zero-order valence-corrected chi connectivity index (χ0v) is 18.8. The minimum Gasteiger partial charge on any atom is -0.481 e. The first-order valence-corrected chi connectivity index (χ1v) is 10.6. The van der Waals surface area contributed by atoms with Gasteiger partial charge in [-0.25, -0.2) is 13.5 Å². The third-order valence-electron chi connectivity index (χ3n) is 5.29. The number of alkyl halides is 2. The molecular weight excluding hydrogens is 492 g/mol. The van der Waals surface area contributed by atoms with Crippen LogP contribution in [-0.2, 0) is 18.1 Å². The van der Waals surface area contributed by atoms with Gasteiger partial charge in [-0.3, -0.25) is 4.98 Å². The topological polar surface area (TPSA) is 110 Å². The lowest BCUT2D eigenvalue weighted by atomic mass is 9.84. The lowest BCUT2D eigenvalue weighted by molar-refractivity contribution is -0.207. The zero-order valence-electron chi connectivity index (χ0n) is 18.8. The average molecular weight is 508 g/mol. The molecule has 1 unspecified atom stereocenters. The molecule has 0 radical (unpaired) electrons. The van der Waals surface area contributed by atoms with Crippen LogP contribution in [0, 0.1) is 34.8 Å². The van der Waals surface area contributed by atoms with Gasteiger partial charge < -0.3 is 9.84 Å². The van der Waals surface area contributed by atoms with E-state index in [1.54, 1.807) is 24.3 Å². The molecule has 2 aromatic heterocycles. The molecule has 2 heterocycles. The number of rotatable bonds is 7. The largest absolute Gasteiger partial charge is 0.481 e. The van der Waals surface area contributed by atoms with Crippen LogP contribution < -0.4 is 4.74 Å². The Hall–Kier alpha value is -4.81. The number of aliphatic hydroxyl groups is 1. The van der Waals surface area contributed by atoms with E-state index in [0.717, 1.165) is 35.4 Å². The van der Waals surface area contributed by atoms with Crippen LogP contribution in [0.3, 0.4) is 0 Å². The molecule has 186 valence electrons. The third-order valence-corrected chi connectivity index (χ3v) is 5.29. The second kappa shape index (κ2) is 10.4. The summed E-state index contributed by atoms with van der Waals surface area (Å²) in [6, 6.07) is 12.5. The van der Waals surface area contributed by atoms with Crippen LogP contribution in [0.5, 0.6) is 5.75 Å². The number of hydrogen-bond donors (Lipinski definition) is 1. The van der Waals surface area contributed by atoms with E-state index in [4.69, 9.17) is 10.00 Å². The van der Waals surface area contributed by atoms with E-state index in [2.05, 4.69) is 32.4 Å². The lowest BCUT2D eigenvalue weighted by Crippen LogP contribution is -2.48. The van der Waals surface area contributed by atoms with Crippen molar-refractivity contribution < 1.29 is 27.4 Å². The molecule has 4 rings (SSSR count). The fourth-order valence-electron chi connectivity index (χ4n) is 3.41. The molecule has 0 aliphatic heterocycles. The van der Waals surface area contributed by atoms with E-state index in [-0.39, 0.29) is 12.2 Å². The Kier molecular flexibility index (Phi) is 7.13. The number of aromatic nitrogens is 5. The van der Waals surface area contributed by atoms with Crippen molar-refractivity contribution in [2.75, 3.05) is 6.61 Å². The standard InChI is InChI=1S/C25H16F4N6O2/c26-19-6-9-21(22(27)12-19)24(36,15-35-16-32-33-34-35)25(28,29)23-10-5-18(14-31-23)2-1-11-37-20-7-3-17(13-30)4-8-20/h3-10,12,14,16,36H,11,15H2. The van der Waals surface area contributed by atoms with E-state index in [1.807, 2.05) is 6.07 Å². The van der Waals surface area contributed by atoms with E-state index in [9.17, 15) is 13.9 Å². The number of halogens is 4. The van der Waals surface area contributed by atoms with Crippen LogP contribution >= 0.6 is 0 Å². The van der Waals surface area contributed by atoms with Gasteiger partial charge in [0.15, 0.2) is 5.60 Å². The summed E-state index contributed by atoms with van der Waals surface area (Å²) >= 11 is 0. The second-order valence-electron chi connectivity index (χ2n) is 7.72. The summed E-state index contributed by atoms with van der Waals surface area (Å²) in [6.45, 7) is -0.967. The summed E-state index contributed by atoms with van der Waals surface area (Å²) in [4.78, 5) is 3.73. The Balaban J connectivity index is 1.56. The Morgan fingerprint density at radius 3 is 2.41 bits per heavy atom. The van der Waals surface area contributed by atoms with Crippen molar-refractivity contribution in [2.45, 2.75) is 18.1 Å². The van der Waals surface area contributed by atoms with Crippen LogP contribution in [0.4, 0.5) is 17.6 Å². The fraction of sp³-hybridized carbons (Fsp3) is 0.160. The highest BCUT2D eigenvalue weighted by Gasteiger charge is 2.57. The third kappa shape index (κ3) is 5.39. The zero-order chi connectivity index (χ0) is 26.5. The van der Waals surface area contributed by atoms with Crippen LogP contribution in [0.15, 0.2) is 67.1 Å². The number of tetrazole rings is 1. The predicted molar refractivity (Wildman–Crippen MR) is 120 cm³/mol. The first-order chi connectivity index (χ1) is 17.7. The molecule has 0 saturated carbocycles. The maximum atomic E-state index is 15.7. The molecule has 0 aliphatic carbocycles. The molecule has 0 bridgehead atoms. The quantitative estimate of drug-likeness (QED) is 0.301. The molecule has 2 aromatic carbocycles. The molecular formula is C25H16F4N6O2. The average Bonchev–Trinajstić information content (AvgIpc) is 3.40. The van der Waals surface area contributed by atoms with Crippen LogP contribution in [0.25, 0.3) is 0 Å². The number of nitriles is 1. The highest BCUT2D eigenvalue weighted by molar-refractivity contribution is 5.37. The second-order valence-corrected chi connectivity index (χ2v) is 7.72. The van der Waals surface area contributed by atoms with Crippen LogP contribution in [0.1, 0.15) is 22.4 Å². The van der Waals surface area contributed by atoms with E-state index in [1.165, 1.54) is 6.07 Å². The summed E-state index contributed by atoms with van der Waals surface area (Å²) in [5, 5.41) is 30.1. The van der Waals surface area contributed by atoms with Crippen molar-refractivity contribution in [1.29, 1.82) is 5.26 Å². The van der Waals surface area contributed by atoms with Crippen molar-refractivity contribution in [3.8, 4) is 23.7 Å².